The number of hydrogen-bond donors (Lipinski definition) is 1. The van der Waals surface area contributed by atoms with Gasteiger partial charge in [0.1, 0.15) is 0 Å². The van der Waals surface area contributed by atoms with Crippen LogP contribution in [-0.4, -0.2) is 12.6 Å². The zero-order chi connectivity index (χ0) is 14.5. The predicted octanol–water partition coefficient (Wildman–Crippen LogP) is 5.39. The highest BCUT2D eigenvalue weighted by Gasteiger charge is 2.19. The topological polar surface area (TPSA) is 12.0 Å². The first-order valence-electron chi connectivity index (χ1n) is 8.55. The molecule has 0 radical (unpaired) electrons. The van der Waals surface area contributed by atoms with Gasteiger partial charge in [0.05, 0.1) is 0 Å². The lowest BCUT2D eigenvalue weighted by Gasteiger charge is -2.27. The van der Waals surface area contributed by atoms with Crippen LogP contribution in [0.4, 0.5) is 0 Å². The van der Waals surface area contributed by atoms with Crippen molar-refractivity contribution in [1.29, 1.82) is 0 Å². The Bertz CT molecular complexity index is 553. The van der Waals surface area contributed by atoms with Crippen LogP contribution in [0.25, 0.3) is 10.1 Å². The monoisotopic (exact) mass is 301 g/mol. The first-order chi connectivity index (χ1) is 10.4. The summed E-state index contributed by atoms with van der Waals surface area (Å²) in [6.07, 6.45) is 9.80. The van der Waals surface area contributed by atoms with Gasteiger partial charge < -0.3 is 5.32 Å². The lowest BCUT2D eigenvalue weighted by atomic mass is 9.83. The van der Waals surface area contributed by atoms with Gasteiger partial charge in [-0.05, 0) is 47.7 Å². The summed E-state index contributed by atoms with van der Waals surface area (Å²) in [7, 11) is 0. The summed E-state index contributed by atoms with van der Waals surface area (Å²) < 4.78 is 1.43. The van der Waals surface area contributed by atoms with Gasteiger partial charge in [0.15, 0.2) is 0 Å². The first-order valence-corrected chi connectivity index (χ1v) is 9.43. The molecule has 3 rings (SSSR count). The van der Waals surface area contributed by atoms with Crippen LogP contribution in [0.2, 0.25) is 0 Å². The SMILES string of the molecule is CCNC(Cc1csc2ccccc12)CC1CCCCC1. The van der Waals surface area contributed by atoms with E-state index in [1.807, 2.05) is 11.3 Å². The predicted molar refractivity (Wildman–Crippen MR) is 94.2 cm³/mol. The number of benzene rings is 1. The maximum Gasteiger partial charge on any atom is 0.0345 e. The van der Waals surface area contributed by atoms with E-state index in [1.165, 1.54) is 60.6 Å². The molecule has 1 nitrogen and oxygen atoms in total. The van der Waals surface area contributed by atoms with Gasteiger partial charge in [0.25, 0.3) is 0 Å². The highest BCUT2D eigenvalue weighted by atomic mass is 32.1. The molecule has 1 aromatic heterocycles. The minimum Gasteiger partial charge on any atom is -0.314 e. The molecule has 0 bridgehead atoms. The molecule has 1 atom stereocenters. The summed E-state index contributed by atoms with van der Waals surface area (Å²) in [5.41, 5.74) is 1.54. The average molecular weight is 301 g/mol. The van der Waals surface area contributed by atoms with Crippen LogP contribution in [0.3, 0.4) is 0 Å². The molecule has 21 heavy (non-hydrogen) atoms. The van der Waals surface area contributed by atoms with Crippen LogP contribution in [-0.2, 0) is 6.42 Å². The molecule has 0 spiro atoms. The van der Waals surface area contributed by atoms with E-state index >= 15 is 0 Å². The summed E-state index contributed by atoms with van der Waals surface area (Å²) in [6, 6.07) is 9.49. The highest BCUT2D eigenvalue weighted by molar-refractivity contribution is 7.17. The Hall–Kier alpha value is -0.860. The fourth-order valence-electron chi connectivity index (χ4n) is 3.81. The Kier molecular flexibility index (Phi) is 5.32. The number of thiophene rings is 1. The lowest BCUT2D eigenvalue weighted by Crippen LogP contribution is -2.33. The molecule has 1 unspecified atom stereocenters. The van der Waals surface area contributed by atoms with Crippen molar-refractivity contribution in [2.45, 2.75) is 57.9 Å². The Morgan fingerprint density at radius 3 is 2.81 bits per heavy atom. The molecule has 0 amide bonds. The molecule has 1 fully saturated rings. The van der Waals surface area contributed by atoms with E-state index in [-0.39, 0.29) is 0 Å². The maximum atomic E-state index is 3.74. The second kappa shape index (κ2) is 7.42. The average Bonchev–Trinajstić information content (AvgIpc) is 2.92. The third-order valence-corrected chi connectivity index (χ3v) is 5.88. The zero-order valence-corrected chi connectivity index (χ0v) is 13.9. The third-order valence-electron chi connectivity index (χ3n) is 4.86. The van der Waals surface area contributed by atoms with E-state index in [9.17, 15) is 0 Å². The fourth-order valence-corrected chi connectivity index (χ4v) is 4.78. The van der Waals surface area contributed by atoms with Crippen LogP contribution in [0.15, 0.2) is 29.6 Å². The lowest BCUT2D eigenvalue weighted by molar-refractivity contribution is 0.298. The molecule has 2 heteroatoms. The van der Waals surface area contributed by atoms with Gasteiger partial charge >= 0.3 is 0 Å². The molecule has 1 aliphatic carbocycles. The Morgan fingerprint density at radius 2 is 2.00 bits per heavy atom. The second-order valence-corrected chi connectivity index (χ2v) is 7.37. The van der Waals surface area contributed by atoms with Crippen molar-refractivity contribution in [1.82, 2.24) is 5.32 Å². The van der Waals surface area contributed by atoms with Crippen LogP contribution < -0.4 is 5.32 Å². The van der Waals surface area contributed by atoms with Gasteiger partial charge in [-0.3, -0.25) is 0 Å². The molecule has 1 saturated carbocycles. The number of hydrogen-bond acceptors (Lipinski definition) is 2. The number of likely N-dealkylation sites (N-methyl/N-ethyl adjacent to an activating group) is 1. The van der Waals surface area contributed by atoms with Crippen molar-refractivity contribution < 1.29 is 0 Å². The molecule has 0 aliphatic heterocycles. The molecule has 1 N–H and O–H groups in total. The highest BCUT2D eigenvalue weighted by Crippen LogP contribution is 2.30. The van der Waals surface area contributed by atoms with Crippen molar-refractivity contribution in [3.63, 3.8) is 0 Å². The van der Waals surface area contributed by atoms with Crippen LogP contribution in [0, 0.1) is 5.92 Å². The van der Waals surface area contributed by atoms with Crippen molar-refractivity contribution >= 4 is 21.4 Å². The summed E-state index contributed by atoms with van der Waals surface area (Å²) in [4.78, 5) is 0. The van der Waals surface area contributed by atoms with Crippen LogP contribution in [0.5, 0.6) is 0 Å². The number of fused-ring (bicyclic) bond motifs is 1. The summed E-state index contributed by atoms with van der Waals surface area (Å²) in [5.74, 6) is 0.952. The van der Waals surface area contributed by atoms with Crippen molar-refractivity contribution in [3.8, 4) is 0 Å². The van der Waals surface area contributed by atoms with Gasteiger partial charge in [0, 0.05) is 10.7 Å². The van der Waals surface area contributed by atoms with Gasteiger partial charge in [-0.25, -0.2) is 0 Å². The first kappa shape index (κ1) is 15.1. The Balaban J connectivity index is 1.69. The zero-order valence-electron chi connectivity index (χ0n) is 13.1. The van der Waals surface area contributed by atoms with Gasteiger partial charge in [-0.1, -0.05) is 57.2 Å². The van der Waals surface area contributed by atoms with Gasteiger partial charge in [-0.2, -0.15) is 0 Å². The van der Waals surface area contributed by atoms with E-state index in [2.05, 4.69) is 41.9 Å². The van der Waals surface area contributed by atoms with Gasteiger partial charge in [0.2, 0.25) is 0 Å². The van der Waals surface area contributed by atoms with Crippen LogP contribution >= 0.6 is 11.3 Å². The number of rotatable bonds is 6. The van der Waals surface area contributed by atoms with E-state index in [0.29, 0.717) is 6.04 Å². The van der Waals surface area contributed by atoms with E-state index < -0.39 is 0 Å². The van der Waals surface area contributed by atoms with Crippen LogP contribution in [0.1, 0.15) is 51.0 Å². The summed E-state index contributed by atoms with van der Waals surface area (Å²) in [5, 5.41) is 7.58. The quantitative estimate of drug-likeness (QED) is 0.754. The van der Waals surface area contributed by atoms with Gasteiger partial charge in [-0.15, -0.1) is 11.3 Å². The van der Waals surface area contributed by atoms with Crippen molar-refractivity contribution in [3.05, 3.63) is 35.2 Å². The van der Waals surface area contributed by atoms with Crippen molar-refractivity contribution in [2.75, 3.05) is 6.54 Å². The summed E-state index contributed by atoms with van der Waals surface area (Å²) >= 11 is 1.89. The Labute approximate surface area is 132 Å². The molecule has 1 aliphatic rings. The van der Waals surface area contributed by atoms with E-state index in [0.717, 1.165) is 12.5 Å². The molecule has 1 aromatic carbocycles. The summed E-state index contributed by atoms with van der Waals surface area (Å²) in [6.45, 7) is 3.32. The normalized spacial score (nSPS) is 18.1. The molecular formula is C19H27NS. The largest absolute Gasteiger partial charge is 0.314 e. The molecular weight excluding hydrogens is 274 g/mol. The van der Waals surface area contributed by atoms with Crippen molar-refractivity contribution in [2.24, 2.45) is 5.92 Å². The Morgan fingerprint density at radius 1 is 1.19 bits per heavy atom. The third kappa shape index (κ3) is 3.87. The smallest absolute Gasteiger partial charge is 0.0345 e. The molecule has 114 valence electrons. The maximum absolute atomic E-state index is 3.74. The number of nitrogens with one attached hydrogen (secondary N) is 1. The minimum absolute atomic E-state index is 0.649. The molecule has 0 saturated heterocycles. The van der Waals surface area contributed by atoms with E-state index in [1.54, 1.807) is 0 Å². The fraction of sp³-hybridized carbons (Fsp3) is 0.579. The second-order valence-electron chi connectivity index (χ2n) is 6.46. The van der Waals surface area contributed by atoms with E-state index in [4.69, 9.17) is 0 Å². The minimum atomic E-state index is 0.649. The standard InChI is InChI=1S/C19H27NS/c1-2-20-17(12-15-8-4-3-5-9-15)13-16-14-21-19-11-7-6-10-18(16)19/h6-7,10-11,14-15,17,20H,2-5,8-9,12-13H2,1H3. The molecule has 1 heterocycles. The molecule has 2 aromatic rings.